The maximum absolute atomic E-state index is 12.6. The standard InChI is InChI=1S/C16H21ClN2O4/c1-22-10-5-15(20)18-6-8-19(9-7-18)16(21)13-11-12(17)3-4-14(13)23-2/h3-4,11H,5-10H2,1-2H3. The first kappa shape index (κ1) is 17.6. The molecule has 2 rings (SSSR count). The molecule has 6 nitrogen and oxygen atoms in total. The number of rotatable bonds is 5. The lowest BCUT2D eigenvalue weighted by atomic mass is 10.1. The lowest BCUT2D eigenvalue weighted by molar-refractivity contribution is -0.133. The van der Waals surface area contributed by atoms with Gasteiger partial charge in [-0.25, -0.2) is 0 Å². The molecule has 1 fully saturated rings. The molecule has 7 heteroatoms. The van der Waals surface area contributed by atoms with E-state index in [1.807, 2.05) is 0 Å². The predicted molar refractivity (Wildman–Crippen MR) is 87.0 cm³/mol. The normalized spacial score (nSPS) is 14.7. The summed E-state index contributed by atoms with van der Waals surface area (Å²) in [5.74, 6) is 0.422. The van der Waals surface area contributed by atoms with Gasteiger partial charge in [0, 0.05) is 38.3 Å². The van der Waals surface area contributed by atoms with E-state index in [4.69, 9.17) is 21.1 Å². The fraction of sp³-hybridized carbons (Fsp3) is 0.500. The number of halogens is 1. The van der Waals surface area contributed by atoms with Crippen LogP contribution in [0.15, 0.2) is 18.2 Å². The van der Waals surface area contributed by atoms with Gasteiger partial charge in [-0.1, -0.05) is 11.6 Å². The van der Waals surface area contributed by atoms with Crippen LogP contribution in [-0.2, 0) is 9.53 Å². The zero-order valence-electron chi connectivity index (χ0n) is 13.4. The lowest BCUT2D eigenvalue weighted by Gasteiger charge is -2.35. The van der Waals surface area contributed by atoms with Crippen molar-refractivity contribution in [1.82, 2.24) is 9.80 Å². The molecule has 1 heterocycles. The molecule has 0 aliphatic carbocycles. The molecule has 1 saturated heterocycles. The van der Waals surface area contributed by atoms with Gasteiger partial charge in [-0.2, -0.15) is 0 Å². The maximum Gasteiger partial charge on any atom is 0.257 e. The van der Waals surface area contributed by atoms with E-state index in [0.29, 0.717) is 55.5 Å². The Kier molecular flexibility index (Phi) is 6.24. The highest BCUT2D eigenvalue weighted by molar-refractivity contribution is 6.31. The Morgan fingerprint density at radius 2 is 1.78 bits per heavy atom. The molecule has 0 atom stereocenters. The highest BCUT2D eigenvalue weighted by Crippen LogP contribution is 2.24. The van der Waals surface area contributed by atoms with E-state index in [1.54, 1.807) is 35.1 Å². The van der Waals surface area contributed by atoms with Crippen LogP contribution in [-0.4, -0.2) is 68.6 Å². The zero-order chi connectivity index (χ0) is 16.8. The van der Waals surface area contributed by atoms with Gasteiger partial charge < -0.3 is 19.3 Å². The minimum atomic E-state index is -0.131. The van der Waals surface area contributed by atoms with Gasteiger partial charge >= 0.3 is 0 Å². The van der Waals surface area contributed by atoms with Gasteiger partial charge in [0.25, 0.3) is 5.91 Å². The van der Waals surface area contributed by atoms with E-state index in [2.05, 4.69) is 0 Å². The van der Waals surface area contributed by atoms with Gasteiger partial charge in [0.1, 0.15) is 5.75 Å². The zero-order valence-corrected chi connectivity index (χ0v) is 14.1. The number of benzene rings is 1. The molecule has 1 aliphatic heterocycles. The molecule has 1 aromatic carbocycles. The molecule has 23 heavy (non-hydrogen) atoms. The van der Waals surface area contributed by atoms with Crippen LogP contribution in [0, 0.1) is 0 Å². The minimum Gasteiger partial charge on any atom is -0.496 e. The third kappa shape index (κ3) is 4.36. The van der Waals surface area contributed by atoms with Gasteiger partial charge in [0.05, 0.1) is 25.7 Å². The number of hydrogen-bond acceptors (Lipinski definition) is 4. The molecule has 0 radical (unpaired) electrons. The Morgan fingerprint density at radius 1 is 1.13 bits per heavy atom. The Hall–Kier alpha value is -1.79. The summed E-state index contributed by atoms with van der Waals surface area (Å²) in [6.45, 7) is 2.45. The van der Waals surface area contributed by atoms with E-state index in [-0.39, 0.29) is 11.8 Å². The second-order valence-corrected chi connectivity index (χ2v) is 5.70. The van der Waals surface area contributed by atoms with Gasteiger partial charge in [-0.15, -0.1) is 0 Å². The Bertz CT molecular complexity index is 571. The van der Waals surface area contributed by atoms with E-state index in [9.17, 15) is 9.59 Å². The largest absolute Gasteiger partial charge is 0.496 e. The SMILES string of the molecule is COCCC(=O)N1CCN(C(=O)c2cc(Cl)ccc2OC)CC1. The molecule has 0 aromatic heterocycles. The molecule has 1 aliphatic rings. The summed E-state index contributed by atoms with van der Waals surface area (Å²) >= 11 is 5.98. The molecule has 0 spiro atoms. The molecule has 1 aromatic rings. The van der Waals surface area contributed by atoms with Crippen LogP contribution in [0.2, 0.25) is 5.02 Å². The number of carbonyl (C=O) groups excluding carboxylic acids is 2. The summed E-state index contributed by atoms with van der Waals surface area (Å²) in [4.78, 5) is 28.1. The molecular formula is C16H21ClN2O4. The van der Waals surface area contributed by atoms with Crippen molar-refractivity contribution in [3.8, 4) is 5.75 Å². The third-order valence-corrected chi connectivity index (χ3v) is 4.07. The number of ether oxygens (including phenoxy) is 2. The van der Waals surface area contributed by atoms with Crippen LogP contribution in [0.5, 0.6) is 5.75 Å². The molecule has 2 amide bonds. The van der Waals surface area contributed by atoms with Crippen LogP contribution in [0.1, 0.15) is 16.8 Å². The number of hydrogen-bond donors (Lipinski definition) is 0. The van der Waals surface area contributed by atoms with Crippen LogP contribution in [0.4, 0.5) is 0 Å². The van der Waals surface area contributed by atoms with Crippen LogP contribution >= 0.6 is 11.6 Å². The van der Waals surface area contributed by atoms with Crippen LogP contribution in [0.25, 0.3) is 0 Å². The fourth-order valence-electron chi connectivity index (χ4n) is 2.52. The summed E-state index contributed by atoms with van der Waals surface area (Å²) in [7, 11) is 3.09. The summed E-state index contributed by atoms with van der Waals surface area (Å²) in [6, 6.07) is 4.97. The quantitative estimate of drug-likeness (QED) is 0.818. The van der Waals surface area contributed by atoms with Gasteiger partial charge in [-0.3, -0.25) is 9.59 Å². The van der Waals surface area contributed by atoms with Gasteiger partial charge in [0.15, 0.2) is 0 Å². The second-order valence-electron chi connectivity index (χ2n) is 5.26. The highest BCUT2D eigenvalue weighted by Gasteiger charge is 2.26. The van der Waals surface area contributed by atoms with Crippen molar-refractivity contribution < 1.29 is 19.1 Å². The van der Waals surface area contributed by atoms with Crippen molar-refractivity contribution in [1.29, 1.82) is 0 Å². The fourth-order valence-corrected chi connectivity index (χ4v) is 2.70. The van der Waals surface area contributed by atoms with Crippen molar-refractivity contribution in [3.05, 3.63) is 28.8 Å². The third-order valence-electron chi connectivity index (χ3n) is 3.83. The summed E-state index contributed by atoms with van der Waals surface area (Å²) < 4.78 is 10.2. The summed E-state index contributed by atoms with van der Waals surface area (Å²) in [5.41, 5.74) is 0.444. The average Bonchev–Trinajstić information content (AvgIpc) is 2.59. The van der Waals surface area contributed by atoms with E-state index >= 15 is 0 Å². The smallest absolute Gasteiger partial charge is 0.257 e. The number of nitrogens with zero attached hydrogens (tertiary/aromatic N) is 2. The molecular weight excluding hydrogens is 320 g/mol. The number of piperazine rings is 1. The molecule has 0 unspecified atom stereocenters. The van der Waals surface area contributed by atoms with Crippen molar-refractivity contribution in [2.45, 2.75) is 6.42 Å². The number of amides is 2. The predicted octanol–water partition coefficient (Wildman–Crippen LogP) is 1.67. The lowest BCUT2D eigenvalue weighted by Crippen LogP contribution is -2.50. The highest BCUT2D eigenvalue weighted by atomic mass is 35.5. The summed E-state index contributed by atoms with van der Waals surface area (Å²) in [5, 5.41) is 0.488. The molecule has 0 saturated carbocycles. The van der Waals surface area contributed by atoms with Crippen molar-refractivity contribution in [2.24, 2.45) is 0 Å². The maximum atomic E-state index is 12.6. The minimum absolute atomic E-state index is 0.0549. The topological polar surface area (TPSA) is 59.1 Å². The molecule has 0 bridgehead atoms. The Morgan fingerprint density at radius 3 is 2.39 bits per heavy atom. The van der Waals surface area contributed by atoms with Crippen molar-refractivity contribution in [3.63, 3.8) is 0 Å². The van der Waals surface area contributed by atoms with Crippen LogP contribution < -0.4 is 4.74 Å². The number of carbonyl (C=O) groups is 2. The van der Waals surface area contributed by atoms with Gasteiger partial charge in [0.2, 0.25) is 5.91 Å². The number of methoxy groups -OCH3 is 2. The first-order valence-corrected chi connectivity index (χ1v) is 7.84. The monoisotopic (exact) mass is 340 g/mol. The van der Waals surface area contributed by atoms with E-state index < -0.39 is 0 Å². The second kappa shape index (κ2) is 8.17. The Labute approximate surface area is 140 Å². The molecule has 126 valence electrons. The first-order chi connectivity index (χ1) is 11.1. The first-order valence-electron chi connectivity index (χ1n) is 7.46. The van der Waals surface area contributed by atoms with Crippen molar-refractivity contribution in [2.75, 3.05) is 47.0 Å². The molecule has 0 N–H and O–H groups in total. The Balaban J connectivity index is 1.99. The summed E-state index contributed by atoms with van der Waals surface area (Å²) in [6.07, 6.45) is 0.368. The van der Waals surface area contributed by atoms with Crippen molar-refractivity contribution >= 4 is 23.4 Å². The average molecular weight is 341 g/mol. The van der Waals surface area contributed by atoms with E-state index in [1.165, 1.54) is 7.11 Å². The van der Waals surface area contributed by atoms with Crippen LogP contribution in [0.3, 0.4) is 0 Å². The van der Waals surface area contributed by atoms with Gasteiger partial charge in [-0.05, 0) is 18.2 Å². The van der Waals surface area contributed by atoms with E-state index in [0.717, 1.165) is 0 Å².